The van der Waals surface area contributed by atoms with Crippen LogP contribution in [-0.4, -0.2) is 41.1 Å². The summed E-state index contributed by atoms with van der Waals surface area (Å²) in [5.74, 6) is 1.09. The fourth-order valence-electron chi connectivity index (χ4n) is 3.65. The van der Waals surface area contributed by atoms with Crippen LogP contribution < -0.4 is 10.1 Å². The van der Waals surface area contributed by atoms with Gasteiger partial charge in [-0.2, -0.15) is 0 Å². The molecule has 0 radical (unpaired) electrons. The van der Waals surface area contributed by atoms with Crippen LogP contribution in [0.3, 0.4) is 0 Å². The Labute approximate surface area is 162 Å². The van der Waals surface area contributed by atoms with Crippen LogP contribution >= 0.6 is 0 Å². The molecule has 1 atom stereocenters. The van der Waals surface area contributed by atoms with Gasteiger partial charge in [0, 0.05) is 44.0 Å². The van der Waals surface area contributed by atoms with Gasteiger partial charge in [-0.1, -0.05) is 12.1 Å². The molecule has 5 nitrogen and oxygen atoms in total. The lowest BCUT2D eigenvalue weighted by Crippen LogP contribution is -2.37. The molecule has 146 valence electrons. The number of ether oxygens (including phenoxy) is 1. The molecule has 27 heavy (non-hydrogen) atoms. The zero-order chi connectivity index (χ0) is 19.2. The number of likely N-dealkylation sites (tertiary alicyclic amines) is 1. The van der Waals surface area contributed by atoms with Crippen molar-refractivity contribution in [2.24, 2.45) is 13.0 Å². The van der Waals surface area contributed by atoms with Gasteiger partial charge in [0.05, 0.1) is 12.2 Å². The second-order valence-corrected chi connectivity index (χ2v) is 7.79. The van der Waals surface area contributed by atoms with E-state index in [0.29, 0.717) is 23.8 Å². The lowest BCUT2D eigenvalue weighted by molar-refractivity contribution is 0.0932. The van der Waals surface area contributed by atoms with Crippen LogP contribution in [0.25, 0.3) is 0 Å². The van der Waals surface area contributed by atoms with Gasteiger partial charge in [-0.15, -0.1) is 0 Å². The molecule has 1 aliphatic heterocycles. The third-order valence-electron chi connectivity index (χ3n) is 5.07. The second kappa shape index (κ2) is 9.09. The lowest BCUT2D eigenvalue weighted by Gasteiger charge is -2.32. The molecule has 5 heteroatoms. The maximum Gasteiger partial charge on any atom is 0.255 e. The average molecular weight is 370 g/mol. The summed E-state index contributed by atoms with van der Waals surface area (Å²) in [5, 5.41) is 2.94. The van der Waals surface area contributed by atoms with Crippen LogP contribution in [0.5, 0.6) is 5.75 Å². The van der Waals surface area contributed by atoms with Gasteiger partial charge >= 0.3 is 0 Å². The fraction of sp³-hybridized carbons (Fsp3) is 0.500. The molecule has 2 aromatic rings. The number of carbonyl (C=O) groups excluding carboxylic acids is 1. The monoisotopic (exact) mass is 369 g/mol. The first-order valence-corrected chi connectivity index (χ1v) is 9.88. The van der Waals surface area contributed by atoms with Crippen LogP contribution in [-0.2, 0) is 13.6 Å². The molecule has 1 aliphatic rings. The highest BCUT2D eigenvalue weighted by Gasteiger charge is 2.22. The van der Waals surface area contributed by atoms with Gasteiger partial charge < -0.3 is 14.6 Å². The van der Waals surface area contributed by atoms with Crippen molar-refractivity contribution in [1.82, 2.24) is 14.8 Å². The van der Waals surface area contributed by atoms with Crippen LogP contribution in [0.15, 0.2) is 42.6 Å². The lowest BCUT2D eigenvalue weighted by atomic mass is 9.99. The maximum absolute atomic E-state index is 12.4. The standard InChI is InChI=1S/C22H31N3O2/c1-17(2)23-22(26)20-10-4-5-11-21(20)27-16-18-8-6-13-25(14-18)15-19-9-7-12-24(19)3/h4-5,7,9-12,17-18H,6,8,13-16H2,1-3H3,(H,23,26). The van der Waals surface area contributed by atoms with Gasteiger partial charge in [-0.25, -0.2) is 0 Å². The molecule has 2 heterocycles. The minimum absolute atomic E-state index is 0.0745. The number of aromatic nitrogens is 1. The average Bonchev–Trinajstić information content (AvgIpc) is 3.04. The normalized spacial score (nSPS) is 17.9. The Balaban J connectivity index is 1.57. The van der Waals surface area contributed by atoms with Gasteiger partial charge in [0.15, 0.2) is 0 Å². The first-order chi connectivity index (χ1) is 13.0. The molecule has 1 unspecified atom stereocenters. The van der Waals surface area contributed by atoms with E-state index in [1.807, 2.05) is 38.1 Å². The summed E-state index contributed by atoms with van der Waals surface area (Å²) in [7, 11) is 2.10. The molecule has 1 aromatic carbocycles. The number of piperidine rings is 1. The van der Waals surface area contributed by atoms with Crippen LogP contribution in [0.4, 0.5) is 0 Å². The fourth-order valence-corrected chi connectivity index (χ4v) is 3.65. The molecule has 1 amide bonds. The Hall–Kier alpha value is -2.27. The SMILES string of the molecule is CC(C)NC(=O)c1ccccc1OCC1CCCN(Cc2cccn2C)C1. The molecule has 1 N–H and O–H groups in total. The van der Waals surface area contributed by atoms with Crippen molar-refractivity contribution < 1.29 is 9.53 Å². The zero-order valence-electron chi connectivity index (χ0n) is 16.6. The van der Waals surface area contributed by atoms with Crippen molar-refractivity contribution in [3.63, 3.8) is 0 Å². The first-order valence-electron chi connectivity index (χ1n) is 9.88. The summed E-state index contributed by atoms with van der Waals surface area (Å²) in [6.45, 7) is 7.72. The second-order valence-electron chi connectivity index (χ2n) is 7.79. The summed E-state index contributed by atoms with van der Waals surface area (Å²) < 4.78 is 8.28. The largest absolute Gasteiger partial charge is 0.492 e. The van der Waals surface area contributed by atoms with E-state index in [2.05, 4.69) is 40.2 Å². The van der Waals surface area contributed by atoms with E-state index in [-0.39, 0.29) is 11.9 Å². The number of para-hydroxylation sites is 1. The number of benzene rings is 1. The van der Waals surface area contributed by atoms with Crippen LogP contribution in [0, 0.1) is 5.92 Å². The summed E-state index contributed by atoms with van der Waals surface area (Å²) >= 11 is 0. The van der Waals surface area contributed by atoms with Crippen molar-refractivity contribution in [2.45, 2.75) is 39.3 Å². The molecular formula is C22H31N3O2. The van der Waals surface area contributed by atoms with E-state index in [1.54, 1.807) is 0 Å². The number of carbonyl (C=O) groups is 1. The van der Waals surface area contributed by atoms with E-state index >= 15 is 0 Å². The number of amides is 1. The minimum atomic E-state index is -0.0745. The van der Waals surface area contributed by atoms with E-state index in [1.165, 1.54) is 18.5 Å². The number of nitrogens with zero attached hydrogens (tertiary/aromatic N) is 2. The van der Waals surface area contributed by atoms with Crippen molar-refractivity contribution in [2.75, 3.05) is 19.7 Å². The third-order valence-corrected chi connectivity index (χ3v) is 5.07. The molecule has 1 fully saturated rings. The third kappa shape index (κ3) is 5.36. The molecule has 3 rings (SSSR count). The van der Waals surface area contributed by atoms with Crippen molar-refractivity contribution in [3.8, 4) is 5.75 Å². The predicted molar refractivity (Wildman–Crippen MR) is 108 cm³/mol. The first kappa shape index (κ1) is 19.5. The molecule has 0 aliphatic carbocycles. The zero-order valence-corrected chi connectivity index (χ0v) is 16.6. The van der Waals surface area contributed by atoms with Gasteiger partial charge in [-0.3, -0.25) is 9.69 Å². The molecular weight excluding hydrogens is 338 g/mol. The molecule has 1 aromatic heterocycles. The number of aryl methyl sites for hydroxylation is 1. The number of nitrogens with one attached hydrogen (secondary N) is 1. The van der Waals surface area contributed by atoms with Gasteiger partial charge in [-0.05, 0) is 57.5 Å². The van der Waals surface area contributed by atoms with Crippen LogP contribution in [0.2, 0.25) is 0 Å². The smallest absolute Gasteiger partial charge is 0.255 e. The highest BCUT2D eigenvalue weighted by molar-refractivity contribution is 5.97. The van der Waals surface area contributed by atoms with Crippen molar-refractivity contribution in [3.05, 3.63) is 53.9 Å². The highest BCUT2D eigenvalue weighted by atomic mass is 16.5. The van der Waals surface area contributed by atoms with E-state index in [4.69, 9.17) is 4.74 Å². The molecule has 0 saturated carbocycles. The Morgan fingerprint density at radius 2 is 2.07 bits per heavy atom. The Morgan fingerprint density at radius 1 is 1.26 bits per heavy atom. The van der Waals surface area contributed by atoms with Crippen molar-refractivity contribution in [1.29, 1.82) is 0 Å². The topological polar surface area (TPSA) is 46.5 Å². The van der Waals surface area contributed by atoms with Gasteiger partial charge in [0.2, 0.25) is 0 Å². The Morgan fingerprint density at radius 3 is 2.81 bits per heavy atom. The number of hydrogen-bond acceptors (Lipinski definition) is 3. The number of hydrogen-bond donors (Lipinski definition) is 1. The summed E-state index contributed by atoms with van der Waals surface area (Å²) in [6.07, 6.45) is 4.46. The molecule has 1 saturated heterocycles. The minimum Gasteiger partial charge on any atom is -0.492 e. The van der Waals surface area contributed by atoms with E-state index in [0.717, 1.165) is 19.6 Å². The summed E-state index contributed by atoms with van der Waals surface area (Å²) in [6, 6.07) is 11.9. The maximum atomic E-state index is 12.4. The van der Waals surface area contributed by atoms with Crippen LogP contribution in [0.1, 0.15) is 42.7 Å². The Kier molecular flexibility index (Phi) is 6.56. The predicted octanol–water partition coefficient (Wildman–Crippen LogP) is 3.45. The molecule has 0 bridgehead atoms. The van der Waals surface area contributed by atoms with E-state index in [9.17, 15) is 4.79 Å². The quantitative estimate of drug-likeness (QED) is 0.813. The summed E-state index contributed by atoms with van der Waals surface area (Å²) in [4.78, 5) is 14.9. The molecule has 0 spiro atoms. The van der Waals surface area contributed by atoms with E-state index < -0.39 is 0 Å². The van der Waals surface area contributed by atoms with Gasteiger partial charge in [0.25, 0.3) is 5.91 Å². The Bertz CT molecular complexity index is 754. The number of rotatable bonds is 7. The van der Waals surface area contributed by atoms with Gasteiger partial charge in [0.1, 0.15) is 5.75 Å². The van der Waals surface area contributed by atoms with Crippen molar-refractivity contribution >= 4 is 5.91 Å². The highest BCUT2D eigenvalue weighted by Crippen LogP contribution is 2.23. The summed E-state index contributed by atoms with van der Waals surface area (Å²) in [5.41, 5.74) is 1.95.